The van der Waals surface area contributed by atoms with Crippen molar-refractivity contribution in [1.82, 2.24) is 19.9 Å². The Kier molecular flexibility index (Phi) is 3.97. The molecule has 1 fully saturated rings. The van der Waals surface area contributed by atoms with Gasteiger partial charge in [0, 0.05) is 37.5 Å². The Balaban J connectivity index is 1.54. The molecule has 4 aromatic rings. The highest BCUT2D eigenvalue weighted by atomic mass is 16.5. The first-order chi connectivity index (χ1) is 13.7. The molecule has 2 aromatic carbocycles. The van der Waals surface area contributed by atoms with E-state index in [4.69, 9.17) is 4.74 Å². The van der Waals surface area contributed by atoms with E-state index in [9.17, 15) is 4.79 Å². The van der Waals surface area contributed by atoms with Crippen LogP contribution >= 0.6 is 0 Å². The van der Waals surface area contributed by atoms with Crippen LogP contribution in [0.3, 0.4) is 0 Å². The Labute approximate surface area is 162 Å². The van der Waals surface area contributed by atoms with Crippen LogP contribution in [0.5, 0.6) is 5.75 Å². The minimum atomic E-state index is 0.0949. The molecule has 2 aromatic heterocycles. The number of benzene rings is 2. The Hall–Kier alpha value is -3.41. The van der Waals surface area contributed by atoms with E-state index in [-0.39, 0.29) is 11.8 Å². The number of aryl methyl sites for hydroxylation is 1. The molecular weight excluding hydrogens is 352 g/mol. The summed E-state index contributed by atoms with van der Waals surface area (Å²) >= 11 is 0. The van der Waals surface area contributed by atoms with Gasteiger partial charge in [0.15, 0.2) is 0 Å². The minimum absolute atomic E-state index is 0.0949. The third-order valence-corrected chi connectivity index (χ3v) is 5.28. The van der Waals surface area contributed by atoms with Crippen molar-refractivity contribution in [3.8, 4) is 16.9 Å². The summed E-state index contributed by atoms with van der Waals surface area (Å²) in [6, 6.07) is 14.3. The number of amides is 1. The maximum absolute atomic E-state index is 11.4. The lowest BCUT2D eigenvalue weighted by atomic mass is 10.0. The van der Waals surface area contributed by atoms with Crippen molar-refractivity contribution in [2.24, 2.45) is 13.0 Å². The topological polar surface area (TPSA) is 69.0 Å². The smallest absolute Gasteiger partial charge is 0.220 e. The van der Waals surface area contributed by atoms with Gasteiger partial charge in [0.1, 0.15) is 5.75 Å². The molecule has 1 aliphatic heterocycles. The number of aromatic nitrogens is 3. The molecule has 0 saturated carbocycles. The zero-order chi connectivity index (χ0) is 19.1. The van der Waals surface area contributed by atoms with E-state index in [1.54, 1.807) is 6.20 Å². The number of nitrogens with zero attached hydrogens (tertiary/aromatic N) is 3. The first kappa shape index (κ1) is 16.7. The van der Waals surface area contributed by atoms with Crippen molar-refractivity contribution in [2.75, 3.05) is 13.2 Å². The first-order valence-corrected chi connectivity index (χ1v) is 9.37. The van der Waals surface area contributed by atoms with Crippen molar-refractivity contribution < 1.29 is 9.53 Å². The van der Waals surface area contributed by atoms with E-state index in [2.05, 4.69) is 45.6 Å². The molecule has 0 spiro atoms. The van der Waals surface area contributed by atoms with Crippen molar-refractivity contribution in [2.45, 2.75) is 6.42 Å². The molecule has 1 saturated heterocycles. The van der Waals surface area contributed by atoms with Gasteiger partial charge in [-0.05, 0) is 47.5 Å². The summed E-state index contributed by atoms with van der Waals surface area (Å²) in [4.78, 5) is 20.4. The average molecular weight is 372 g/mol. The van der Waals surface area contributed by atoms with Gasteiger partial charge in [0.25, 0.3) is 0 Å². The highest BCUT2D eigenvalue weighted by Crippen LogP contribution is 2.33. The summed E-state index contributed by atoms with van der Waals surface area (Å²) in [5.74, 6) is 1.09. The number of rotatable bonds is 4. The SMILES string of the molecule is Cn1cnc2cc(-c3cc(OC[C@H]4CNC(=O)C4)c4cccnc4c3)ccc21. The number of fused-ring (bicyclic) bond motifs is 2. The van der Waals surface area contributed by atoms with Gasteiger partial charge in [-0.3, -0.25) is 9.78 Å². The Morgan fingerprint density at radius 3 is 2.89 bits per heavy atom. The molecule has 3 heterocycles. The zero-order valence-corrected chi connectivity index (χ0v) is 15.6. The molecular formula is C22H20N4O2. The van der Waals surface area contributed by atoms with Crippen LogP contribution in [-0.2, 0) is 11.8 Å². The van der Waals surface area contributed by atoms with Gasteiger partial charge in [-0.25, -0.2) is 4.98 Å². The predicted molar refractivity (Wildman–Crippen MR) is 108 cm³/mol. The molecule has 0 bridgehead atoms. The first-order valence-electron chi connectivity index (χ1n) is 9.37. The lowest BCUT2D eigenvalue weighted by molar-refractivity contribution is -0.119. The van der Waals surface area contributed by atoms with Crippen LogP contribution in [0.1, 0.15) is 6.42 Å². The fraction of sp³-hybridized carbons (Fsp3) is 0.227. The van der Waals surface area contributed by atoms with E-state index in [1.807, 2.05) is 30.1 Å². The predicted octanol–water partition coefficient (Wildman–Crippen LogP) is 3.30. The van der Waals surface area contributed by atoms with Crippen molar-refractivity contribution in [3.63, 3.8) is 0 Å². The molecule has 140 valence electrons. The number of pyridine rings is 1. The maximum Gasteiger partial charge on any atom is 0.220 e. The van der Waals surface area contributed by atoms with E-state index >= 15 is 0 Å². The standard InChI is InChI=1S/C22H20N4O2/c1-26-13-25-19-8-15(4-5-20(19)26)16-9-18-17(3-2-6-23-18)21(10-16)28-12-14-7-22(27)24-11-14/h2-6,8-10,13-14H,7,11-12H2,1H3,(H,24,27)/t14-/m1/s1. The molecule has 6 heteroatoms. The third-order valence-electron chi connectivity index (χ3n) is 5.28. The van der Waals surface area contributed by atoms with Crippen LogP contribution in [0.25, 0.3) is 33.1 Å². The van der Waals surface area contributed by atoms with Gasteiger partial charge < -0.3 is 14.6 Å². The fourth-order valence-corrected chi connectivity index (χ4v) is 3.74. The van der Waals surface area contributed by atoms with Gasteiger partial charge in [-0.15, -0.1) is 0 Å². The monoisotopic (exact) mass is 372 g/mol. The van der Waals surface area contributed by atoms with Gasteiger partial charge in [0.2, 0.25) is 5.91 Å². The van der Waals surface area contributed by atoms with Gasteiger partial charge in [-0.2, -0.15) is 0 Å². The van der Waals surface area contributed by atoms with Crippen LogP contribution in [0.4, 0.5) is 0 Å². The van der Waals surface area contributed by atoms with Crippen molar-refractivity contribution in [1.29, 1.82) is 0 Å². The van der Waals surface area contributed by atoms with E-state index in [0.29, 0.717) is 19.6 Å². The fourth-order valence-electron chi connectivity index (χ4n) is 3.74. The number of carbonyl (C=O) groups excluding carboxylic acids is 1. The molecule has 1 atom stereocenters. The van der Waals surface area contributed by atoms with Crippen LogP contribution in [0, 0.1) is 5.92 Å². The number of carbonyl (C=O) groups is 1. The molecule has 0 aliphatic carbocycles. The summed E-state index contributed by atoms with van der Waals surface area (Å²) in [6.07, 6.45) is 4.13. The zero-order valence-electron chi connectivity index (χ0n) is 15.6. The highest BCUT2D eigenvalue weighted by molar-refractivity contribution is 5.91. The summed E-state index contributed by atoms with van der Waals surface area (Å²) in [6.45, 7) is 1.18. The second-order valence-electron chi connectivity index (χ2n) is 7.29. The largest absolute Gasteiger partial charge is 0.492 e. The molecule has 1 N–H and O–H groups in total. The summed E-state index contributed by atoms with van der Waals surface area (Å²) in [5.41, 5.74) is 5.05. The second kappa shape index (κ2) is 6.64. The molecule has 28 heavy (non-hydrogen) atoms. The number of hydrogen-bond donors (Lipinski definition) is 1. The van der Waals surface area contributed by atoms with Crippen LogP contribution in [0.15, 0.2) is 55.0 Å². The van der Waals surface area contributed by atoms with Crippen LogP contribution in [0.2, 0.25) is 0 Å². The van der Waals surface area contributed by atoms with Crippen LogP contribution < -0.4 is 10.1 Å². The van der Waals surface area contributed by atoms with E-state index < -0.39 is 0 Å². The minimum Gasteiger partial charge on any atom is -0.492 e. The number of nitrogens with one attached hydrogen (secondary N) is 1. The summed E-state index contributed by atoms with van der Waals surface area (Å²) in [7, 11) is 1.99. The maximum atomic E-state index is 11.4. The molecule has 5 rings (SSSR count). The Morgan fingerprint density at radius 2 is 2.04 bits per heavy atom. The number of imidazole rings is 1. The van der Waals surface area contributed by atoms with Gasteiger partial charge in [0.05, 0.1) is 29.5 Å². The lowest BCUT2D eigenvalue weighted by Crippen LogP contribution is -2.16. The van der Waals surface area contributed by atoms with Crippen molar-refractivity contribution in [3.05, 3.63) is 55.0 Å². The molecule has 1 aliphatic rings. The van der Waals surface area contributed by atoms with E-state index in [1.165, 1.54) is 0 Å². The van der Waals surface area contributed by atoms with E-state index in [0.717, 1.165) is 38.8 Å². The molecule has 6 nitrogen and oxygen atoms in total. The molecule has 1 amide bonds. The summed E-state index contributed by atoms with van der Waals surface area (Å²) in [5, 5.41) is 3.83. The second-order valence-corrected chi connectivity index (χ2v) is 7.29. The lowest BCUT2D eigenvalue weighted by Gasteiger charge is -2.14. The average Bonchev–Trinajstić information content (AvgIpc) is 3.31. The molecule has 0 unspecified atom stereocenters. The number of ether oxygens (including phenoxy) is 1. The Bertz CT molecular complexity index is 1200. The normalized spacial score (nSPS) is 16.6. The third kappa shape index (κ3) is 2.97. The Morgan fingerprint density at radius 1 is 1.14 bits per heavy atom. The quantitative estimate of drug-likeness (QED) is 0.597. The highest BCUT2D eigenvalue weighted by Gasteiger charge is 2.22. The van der Waals surface area contributed by atoms with Crippen LogP contribution in [-0.4, -0.2) is 33.6 Å². The number of hydrogen-bond acceptors (Lipinski definition) is 4. The van der Waals surface area contributed by atoms with Gasteiger partial charge in [-0.1, -0.05) is 6.07 Å². The molecule has 0 radical (unpaired) electrons. The van der Waals surface area contributed by atoms with Gasteiger partial charge >= 0.3 is 0 Å². The van der Waals surface area contributed by atoms with Crippen molar-refractivity contribution >= 4 is 27.8 Å². The summed E-state index contributed by atoms with van der Waals surface area (Å²) < 4.78 is 8.16.